The molecule has 1 atom stereocenters. The molecule has 0 radical (unpaired) electrons. The van der Waals surface area contributed by atoms with Gasteiger partial charge in [0.1, 0.15) is 0 Å². The molecule has 4 rings (SSSR count). The minimum Gasteiger partial charge on any atom is -0.493 e. The molecule has 1 saturated heterocycles. The fraction of sp³-hybridized carbons (Fsp3) is 0.440. The lowest BCUT2D eigenvalue weighted by Gasteiger charge is -2.32. The van der Waals surface area contributed by atoms with Crippen molar-refractivity contribution in [3.05, 3.63) is 44.6 Å². The molecule has 0 spiro atoms. The Kier molecular flexibility index (Phi) is 7.88. The molecule has 35 heavy (non-hydrogen) atoms. The van der Waals surface area contributed by atoms with Gasteiger partial charge in [-0.25, -0.2) is 0 Å². The number of hydrogen-bond donors (Lipinski definition) is 1. The first-order chi connectivity index (χ1) is 16.9. The highest BCUT2D eigenvalue weighted by Gasteiger charge is 2.32. The van der Waals surface area contributed by atoms with Crippen LogP contribution in [0.5, 0.6) is 23.0 Å². The lowest BCUT2D eigenvalue weighted by atomic mass is 9.95. The summed E-state index contributed by atoms with van der Waals surface area (Å²) in [5.74, 6) is 1.52. The van der Waals surface area contributed by atoms with Gasteiger partial charge in [-0.2, -0.15) is 0 Å². The molecule has 0 aromatic heterocycles. The smallest absolute Gasteiger partial charge is 0.220 e. The second-order valence-corrected chi connectivity index (χ2v) is 8.95. The van der Waals surface area contributed by atoms with E-state index in [4.69, 9.17) is 47.5 Å². The van der Waals surface area contributed by atoms with Crippen molar-refractivity contribution in [1.29, 1.82) is 0 Å². The molecule has 0 amide bonds. The molecule has 1 heterocycles. The highest BCUT2D eigenvalue weighted by atomic mass is 35.5. The highest BCUT2D eigenvalue weighted by molar-refractivity contribution is 7.80. The van der Waals surface area contributed by atoms with E-state index < -0.39 is 0 Å². The van der Waals surface area contributed by atoms with Gasteiger partial charge in [0.2, 0.25) is 11.2 Å². The number of hydrogen-bond acceptors (Lipinski definition) is 7. The first-order valence-electron chi connectivity index (χ1n) is 11.3. The minimum absolute atomic E-state index is 0.230. The standard InChI is InChI=1S/C25H29ClN2O6S/c1-30-19-8-6-14-16(13-18(19)29)17(27-25(35)28-9-11-34-12-10-28)7-5-15-20(14)22(31-2)24(33-4)23(32-3)21(15)26/h6,8,13,17H,5,7,9-12H2,1-4H3,(H,27,35)/t17-/m0/s1. The number of ether oxygens (including phenoxy) is 5. The Morgan fingerprint density at radius 1 is 1.06 bits per heavy atom. The van der Waals surface area contributed by atoms with E-state index in [1.165, 1.54) is 14.2 Å². The summed E-state index contributed by atoms with van der Waals surface area (Å²) in [5, 5.41) is 4.56. The molecule has 0 saturated carbocycles. The molecule has 8 nitrogen and oxygen atoms in total. The number of rotatable bonds is 5. The van der Waals surface area contributed by atoms with E-state index in [0.717, 1.165) is 22.3 Å². The third-order valence-corrected chi connectivity index (χ3v) is 7.18. The van der Waals surface area contributed by atoms with Crippen LogP contribution in [0.4, 0.5) is 0 Å². The van der Waals surface area contributed by atoms with Crippen molar-refractivity contribution in [3.8, 4) is 34.1 Å². The minimum atomic E-state index is -0.254. The van der Waals surface area contributed by atoms with Crippen LogP contribution in [0.2, 0.25) is 5.02 Å². The Labute approximate surface area is 215 Å². The van der Waals surface area contributed by atoms with Gasteiger partial charge < -0.3 is 33.9 Å². The summed E-state index contributed by atoms with van der Waals surface area (Å²) in [7, 11) is 6.13. The predicted octanol–water partition coefficient (Wildman–Crippen LogP) is 3.60. The van der Waals surface area contributed by atoms with Gasteiger partial charge in [0.05, 0.1) is 52.7 Å². The van der Waals surface area contributed by atoms with Gasteiger partial charge >= 0.3 is 0 Å². The van der Waals surface area contributed by atoms with Crippen LogP contribution in [0.1, 0.15) is 23.6 Å². The van der Waals surface area contributed by atoms with E-state index in [9.17, 15) is 4.79 Å². The third kappa shape index (κ3) is 4.72. The van der Waals surface area contributed by atoms with Crippen molar-refractivity contribution in [2.24, 2.45) is 0 Å². The van der Waals surface area contributed by atoms with E-state index in [2.05, 4.69) is 10.2 Å². The number of fused-ring (bicyclic) bond motifs is 3. The van der Waals surface area contributed by atoms with Crippen LogP contribution in [0.3, 0.4) is 0 Å². The molecule has 0 bridgehead atoms. The van der Waals surface area contributed by atoms with Crippen molar-refractivity contribution >= 4 is 28.9 Å². The van der Waals surface area contributed by atoms with Crippen molar-refractivity contribution in [3.63, 3.8) is 0 Å². The molecular formula is C25H29ClN2O6S. The topological polar surface area (TPSA) is 78.5 Å². The molecule has 1 aliphatic carbocycles. The second kappa shape index (κ2) is 10.9. The number of morpholine rings is 1. The van der Waals surface area contributed by atoms with Crippen molar-refractivity contribution < 1.29 is 23.7 Å². The largest absolute Gasteiger partial charge is 0.493 e. The number of nitrogens with zero attached hydrogens (tertiary/aromatic N) is 1. The Morgan fingerprint density at radius 2 is 1.74 bits per heavy atom. The van der Waals surface area contributed by atoms with Crippen LogP contribution < -0.4 is 29.7 Å². The average Bonchev–Trinajstić information content (AvgIpc) is 3.13. The van der Waals surface area contributed by atoms with Crippen LogP contribution in [0, 0.1) is 0 Å². The fourth-order valence-electron chi connectivity index (χ4n) is 4.70. The lowest BCUT2D eigenvalue weighted by Crippen LogP contribution is -2.47. The van der Waals surface area contributed by atoms with Gasteiger partial charge in [0.15, 0.2) is 22.4 Å². The first-order valence-corrected chi connectivity index (χ1v) is 12.1. The molecule has 2 aliphatic rings. The molecule has 2 aromatic carbocycles. The molecule has 1 fully saturated rings. The van der Waals surface area contributed by atoms with E-state index in [-0.39, 0.29) is 17.2 Å². The van der Waals surface area contributed by atoms with Crippen molar-refractivity contribution in [1.82, 2.24) is 10.2 Å². The Morgan fingerprint density at radius 3 is 2.37 bits per heavy atom. The number of methoxy groups -OCH3 is 4. The average molecular weight is 521 g/mol. The quantitative estimate of drug-likeness (QED) is 0.595. The molecular weight excluding hydrogens is 492 g/mol. The van der Waals surface area contributed by atoms with Gasteiger partial charge in [-0.15, -0.1) is 0 Å². The van der Waals surface area contributed by atoms with E-state index >= 15 is 0 Å². The van der Waals surface area contributed by atoms with Gasteiger partial charge in [0, 0.05) is 18.7 Å². The van der Waals surface area contributed by atoms with Gasteiger partial charge in [-0.3, -0.25) is 4.79 Å². The number of nitrogens with one attached hydrogen (secondary N) is 1. The molecule has 1 aliphatic heterocycles. The van der Waals surface area contributed by atoms with Gasteiger partial charge in [-0.1, -0.05) is 17.7 Å². The summed E-state index contributed by atoms with van der Waals surface area (Å²) >= 11 is 12.6. The summed E-state index contributed by atoms with van der Waals surface area (Å²) in [6.07, 6.45) is 1.23. The maximum absolute atomic E-state index is 13.0. The zero-order chi connectivity index (χ0) is 25.1. The molecule has 188 valence electrons. The summed E-state index contributed by atoms with van der Waals surface area (Å²) in [5.41, 5.74) is 2.92. The number of halogens is 1. The van der Waals surface area contributed by atoms with Gasteiger partial charge in [0.25, 0.3) is 0 Å². The Hall–Kier alpha value is -2.75. The maximum Gasteiger partial charge on any atom is 0.220 e. The molecule has 2 aromatic rings. The SMILES string of the molecule is COc1c(Cl)c2c(c(OC)c1OC)-c1ccc(OC)c(=O)cc1[C@@H](NC(=S)N1CCOCC1)CC2. The van der Waals surface area contributed by atoms with E-state index in [1.807, 2.05) is 6.07 Å². The van der Waals surface area contributed by atoms with Crippen LogP contribution in [0.15, 0.2) is 23.0 Å². The van der Waals surface area contributed by atoms with Crippen LogP contribution >= 0.6 is 23.8 Å². The van der Waals surface area contributed by atoms with E-state index in [1.54, 1.807) is 26.4 Å². The number of thiocarbonyl (C=S) groups is 1. The second-order valence-electron chi connectivity index (χ2n) is 8.19. The van der Waals surface area contributed by atoms with Crippen molar-refractivity contribution in [2.45, 2.75) is 18.9 Å². The van der Waals surface area contributed by atoms with Gasteiger partial charge in [-0.05, 0) is 53.9 Å². The van der Waals surface area contributed by atoms with Crippen molar-refractivity contribution in [2.75, 3.05) is 54.7 Å². The zero-order valence-corrected chi connectivity index (χ0v) is 21.8. The summed E-state index contributed by atoms with van der Waals surface area (Å²) in [4.78, 5) is 15.1. The molecule has 1 N–H and O–H groups in total. The Bertz CT molecular complexity index is 1190. The normalized spacial score (nSPS) is 16.9. The summed E-state index contributed by atoms with van der Waals surface area (Å²) in [6, 6.07) is 4.87. The monoisotopic (exact) mass is 520 g/mol. The third-order valence-electron chi connectivity index (χ3n) is 6.40. The first kappa shape index (κ1) is 25.3. The predicted molar refractivity (Wildman–Crippen MR) is 139 cm³/mol. The summed E-state index contributed by atoms with van der Waals surface area (Å²) in [6.45, 7) is 2.67. The number of benzene rings is 1. The van der Waals surface area contributed by atoms with Crippen LogP contribution in [-0.2, 0) is 11.2 Å². The molecule has 0 unspecified atom stereocenters. The van der Waals surface area contributed by atoms with E-state index in [0.29, 0.717) is 66.5 Å². The van der Waals surface area contributed by atoms with Crippen LogP contribution in [-0.4, -0.2) is 64.8 Å². The molecule has 10 heteroatoms. The maximum atomic E-state index is 13.0. The highest BCUT2D eigenvalue weighted by Crippen LogP contribution is 2.54. The summed E-state index contributed by atoms with van der Waals surface area (Å²) < 4.78 is 27.9. The lowest BCUT2D eigenvalue weighted by molar-refractivity contribution is 0.0673. The zero-order valence-electron chi connectivity index (χ0n) is 20.2. The Balaban J connectivity index is 1.94. The fourth-order valence-corrected chi connectivity index (χ4v) is 5.37. The van der Waals surface area contributed by atoms with Crippen LogP contribution in [0.25, 0.3) is 11.1 Å².